The standard InChI is InChI=1S/C25H29BN4O2S/c1-25(2,31)9-8-17-5-3-6-18(11-17)16-32-21-12-20(13-28-23(21)27)22-14-29-24(33-22)19-7-4-10-30(26)15-19/h3,5-6,11-14,19,31H,4,7,10,15-16,26H2,1-2H3,(H2,27,28). The van der Waals surface area contributed by atoms with Crippen molar-refractivity contribution in [2.75, 3.05) is 18.8 Å². The van der Waals surface area contributed by atoms with Crippen molar-refractivity contribution in [3.05, 3.63) is 58.9 Å². The third-order valence-electron chi connectivity index (χ3n) is 5.50. The van der Waals surface area contributed by atoms with E-state index in [2.05, 4.69) is 29.6 Å². The van der Waals surface area contributed by atoms with E-state index in [1.807, 2.05) is 36.5 Å². The number of nitrogen functional groups attached to an aromatic ring is 1. The Kier molecular flexibility index (Phi) is 7.03. The Hall–Kier alpha value is -2.86. The Morgan fingerprint density at radius 3 is 2.94 bits per heavy atom. The predicted molar refractivity (Wildman–Crippen MR) is 136 cm³/mol. The predicted octanol–water partition coefficient (Wildman–Crippen LogP) is 3.22. The van der Waals surface area contributed by atoms with E-state index in [1.54, 1.807) is 31.4 Å². The molecule has 3 N–H and O–H groups in total. The monoisotopic (exact) mass is 460 g/mol. The number of anilines is 1. The molecule has 1 saturated heterocycles. The summed E-state index contributed by atoms with van der Waals surface area (Å²) in [5.74, 6) is 7.22. The van der Waals surface area contributed by atoms with Crippen molar-refractivity contribution in [2.45, 2.75) is 44.8 Å². The number of nitrogens with two attached hydrogens (primary N) is 1. The molecular weight excluding hydrogens is 431 g/mol. The third kappa shape index (κ3) is 6.35. The topological polar surface area (TPSA) is 84.5 Å². The maximum absolute atomic E-state index is 9.81. The number of ether oxygens (including phenoxy) is 1. The highest BCUT2D eigenvalue weighted by molar-refractivity contribution is 7.15. The number of hydrogen-bond acceptors (Lipinski definition) is 7. The van der Waals surface area contributed by atoms with Gasteiger partial charge >= 0.3 is 0 Å². The number of nitrogens with zero attached hydrogens (tertiary/aromatic N) is 3. The van der Waals surface area contributed by atoms with Gasteiger partial charge in [-0.25, -0.2) is 9.97 Å². The van der Waals surface area contributed by atoms with Gasteiger partial charge in [0.1, 0.15) is 12.2 Å². The van der Waals surface area contributed by atoms with Gasteiger partial charge in [-0.15, -0.1) is 11.3 Å². The lowest BCUT2D eigenvalue weighted by Crippen LogP contribution is -2.31. The van der Waals surface area contributed by atoms with Crippen molar-refractivity contribution in [1.82, 2.24) is 14.8 Å². The van der Waals surface area contributed by atoms with Crippen LogP contribution in [0, 0.1) is 11.8 Å². The van der Waals surface area contributed by atoms with Crippen LogP contribution in [0.5, 0.6) is 5.75 Å². The Morgan fingerprint density at radius 2 is 2.15 bits per heavy atom. The molecule has 1 atom stereocenters. The van der Waals surface area contributed by atoms with Crippen LogP contribution in [0.25, 0.3) is 10.4 Å². The first kappa shape index (κ1) is 23.3. The Bertz CT molecular complexity index is 1180. The maximum Gasteiger partial charge on any atom is 0.185 e. The molecule has 2 aromatic heterocycles. The summed E-state index contributed by atoms with van der Waals surface area (Å²) in [5, 5.41) is 11.0. The van der Waals surface area contributed by atoms with E-state index < -0.39 is 5.60 Å². The molecule has 0 bridgehead atoms. The highest BCUT2D eigenvalue weighted by Crippen LogP contribution is 2.35. The van der Waals surface area contributed by atoms with Crippen molar-refractivity contribution < 1.29 is 9.84 Å². The molecule has 3 heterocycles. The van der Waals surface area contributed by atoms with Gasteiger partial charge in [-0.1, -0.05) is 24.0 Å². The van der Waals surface area contributed by atoms with Crippen LogP contribution in [-0.4, -0.2) is 46.6 Å². The molecule has 0 aliphatic carbocycles. The van der Waals surface area contributed by atoms with Gasteiger partial charge in [-0.3, -0.25) is 0 Å². The smallest absolute Gasteiger partial charge is 0.185 e. The number of rotatable bonds is 5. The van der Waals surface area contributed by atoms with E-state index in [1.165, 1.54) is 17.8 Å². The first-order valence-electron chi connectivity index (χ1n) is 11.1. The fourth-order valence-corrected chi connectivity index (χ4v) is 4.83. The molecule has 3 aromatic rings. The van der Waals surface area contributed by atoms with Gasteiger partial charge in [0.25, 0.3) is 0 Å². The largest absolute Gasteiger partial charge is 0.485 e. The number of aromatic nitrogens is 2. The molecule has 1 fully saturated rings. The van der Waals surface area contributed by atoms with Crippen LogP contribution in [0.4, 0.5) is 5.82 Å². The SMILES string of the molecule is BN1CCCC(c2ncc(-c3cnc(N)c(OCc4cccc(C#CC(C)(C)O)c4)c3)s2)C1. The average molecular weight is 460 g/mol. The summed E-state index contributed by atoms with van der Waals surface area (Å²) >= 11 is 1.72. The zero-order valence-corrected chi connectivity index (χ0v) is 20.2. The van der Waals surface area contributed by atoms with E-state index in [9.17, 15) is 5.11 Å². The van der Waals surface area contributed by atoms with Gasteiger partial charge in [0.15, 0.2) is 19.5 Å². The van der Waals surface area contributed by atoms with Gasteiger partial charge in [0, 0.05) is 29.4 Å². The summed E-state index contributed by atoms with van der Waals surface area (Å²) in [6, 6.07) is 9.68. The molecule has 6 nitrogen and oxygen atoms in total. The second-order valence-corrected chi connectivity index (χ2v) is 10.1. The maximum atomic E-state index is 9.81. The zero-order chi connectivity index (χ0) is 23.4. The molecule has 1 aliphatic heterocycles. The highest BCUT2D eigenvalue weighted by atomic mass is 32.1. The molecule has 1 aliphatic rings. The van der Waals surface area contributed by atoms with E-state index in [4.69, 9.17) is 15.5 Å². The highest BCUT2D eigenvalue weighted by Gasteiger charge is 2.22. The van der Waals surface area contributed by atoms with E-state index >= 15 is 0 Å². The van der Waals surface area contributed by atoms with E-state index in [-0.39, 0.29) is 0 Å². The Balaban J connectivity index is 1.47. The minimum Gasteiger partial charge on any atom is -0.485 e. The second kappa shape index (κ2) is 9.96. The van der Waals surface area contributed by atoms with Crippen molar-refractivity contribution in [3.8, 4) is 28.0 Å². The van der Waals surface area contributed by atoms with Crippen molar-refractivity contribution >= 4 is 25.1 Å². The molecule has 1 aromatic carbocycles. The summed E-state index contributed by atoms with van der Waals surface area (Å²) in [7, 11) is 2.17. The summed E-state index contributed by atoms with van der Waals surface area (Å²) in [6.45, 7) is 5.88. The summed E-state index contributed by atoms with van der Waals surface area (Å²) in [5.41, 5.74) is 7.80. The molecule has 0 radical (unpaired) electrons. The number of pyridine rings is 1. The van der Waals surface area contributed by atoms with E-state index in [0.29, 0.717) is 24.1 Å². The summed E-state index contributed by atoms with van der Waals surface area (Å²) in [6.07, 6.45) is 6.10. The average Bonchev–Trinajstić information content (AvgIpc) is 3.27. The van der Waals surface area contributed by atoms with Crippen molar-refractivity contribution in [3.63, 3.8) is 0 Å². The van der Waals surface area contributed by atoms with Gasteiger partial charge in [-0.05, 0) is 63.5 Å². The molecule has 4 rings (SSSR count). The van der Waals surface area contributed by atoms with Crippen LogP contribution in [-0.2, 0) is 6.61 Å². The van der Waals surface area contributed by atoms with Gasteiger partial charge in [-0.2, -0.15) is 0 Å². The normalized spacial score (nSPS) is 16.8. The number of thiazole rings is 1. The number of benzene rings is 1. The third-order valence-corrected chi connectivity index (χ3v) is 6.71. The quantitative estimate of drug-likeness (QED) is 0.450. The molecule has 33 heavy (non-hydrogen) atoms. The number of aliphatic hydroxyl groups is 1. The van der Waals surface area contributed by atoms with Crippen LogP contribution in [0.1, 0.15) is 48.7 Å². The van der Waals surface area contributed by atoms with Crippen LogP contribution < -0.4 is 10.5 Å². The van der Waals surface area contributed by atoms with Crippen molar-refractivity contribution in [2.24, 2.45) is 0 Å². The van der Waals surface area contributed by atoms with Gasteiger partial charge in [0.2, 0.25) is 0 Å². The molecule has 8 heteroatoms. The Labute approximate surface area is 200 Å². The second-order valence-electron chi connectivity index (χ2n) is 9.07. The molecule has 1 unspecified atom stereocenters. The summed E-state index contributed by atoms with van der Waals surface area (Å²) in [4.78, 5) is 12.5. The lowest BCUT2D eigenvalue weighted by molar-refractivity contribution is 0.143. The minimum absolute atomic E-state index is 0.343. The fraction of sp³-hybridized carbons (Fsp3) is 0.360. The zero-order valence-electron chi connectivity index (χ0n) is 19.3. The van der Waals surface area contributed by atoms with E-state index in [0.717, 1.165) is 34.7 Å². The first-order valence-corrected chi connectivity index (χ1v) is 12.0. The van der Waals surface area contributed by atoms with Crippen LogP contribution in [0.15, 0.2) is 42.7 Å². The number of hydrogen-bond donors (Lipinski definition) is 2. The molecular formula is C25H29BN4O2S. The number of piperidine rings is 1. The molecule has 0 saturated carbocycles. The van der Waals surface area contributed by atoms with Crippen LogP contribution in [0.3, 0.4) is 0 Å². The summed E-state index contributed by atoms with van der Waals surface area (Å²) < 4.78 is 6.02. The molecule has 170 valence electrons. The molecule has 0 spiro atoms. The first-order chi connectivity index (χ1) is 15.8. The minimum atomic E-state index is -1.03. The van der Waals surface area contributed by atoms with Gasteiger partial charge < -0.3 is 20.4 Å². The lowest BCUT2D eigenvalue weighted by atomic mass is 9.96. The van der Waals surface area contributed by atoms with Crippen LogP contribution in [0.2, 0.25) is 0 Å². The van der Waals surface area contributed by atoms with Crippen molar-refractivity contribution in [1.29, 1.82) is 0 Å². The lowest BCUT2D eigenvalue weighted by Gasteiger charge is -2.28. The molecule has 0 amide bonds. The van der Waals surface area contributed by atoms with Crippen LogP contribution >= 0.6 is 11.3 Å². The Morgan fingerprint density at radius 1 is 1.30 bits per heavy atom. The van der Waals surface area contributed by atoms with Gasteiger partial charge in [0.05, 0.1) is 9.88 Å². The fourth-order valence-electron chi connectivity index (χ4n) is 3.81.